The molecule has 12 heteroatoms. The largest absolute Gasteiger partial charge is 0.773 e. The van der Waals surface area contributed by atoms with Gasteiger partial charge >= 0.3 is 0 Å². The van der Waals surface area contributed by atoms with Crippen molar-refractivity contribution in [3.63, 3.8) is 0 Å². The number of rotatable bonds is 0. The van der Waals surface area contributed by atoms with Gasteiger partial charge in [0.2, 0.25) is 0 Å². The van der Waals surface area contributed by atoms with Crippen LogP contribution in [0.5, 0.6) is 0 Å². The molecule has 0 fully saturated rings. The fourth-order valence-electron chi connectivity index (χ4n) is 0. The normalized spacial score (nSPS) is 8.86. The van der Waals surface area contributed by atoms with Crippen molar-refractivity contribution < 1.29 is 144 Å². The van der Waals surface area contributed by atoms with Crippen LogP contribution in [0.15, 0.2) is 0 Å². The predicted octanol–water partition coefficient (Wildman–Crippen LogP) is -1.02. The molecule has 0 aliphatic carbocycles. The Balaban J connectivity index is -0.00000000600. The second-order valence-corrected chi connectivity index (χ2v) is 2.41. The molecule has 0 N–H and O–H groups in total. The first-order chi connectivity index (χ1) is 3.46. The summed E-state index contributed by atoms with van der Waals surface area (Å²) < 4.78 is 36.0. The summed E-state index contributed by atoms with van der Waals surface area (Å²) >= 11 is -3.72. The molecule has 88 valence electrons. The van der Waals surface area contributed by atoms with Crippen molar-refractivity contribution in [3.8, 4) is 0 Å². The van der Waals surface area contributed by atoms with Gasteiger partial charge in [0.05, 0.1) is 0 Å². The minimum atomic E-state index is -1.86. The van der Waals surface area contributed by atoms with Crippen LogP contribution in [0.2, 0.25) is 0 Å². The Labute approximate surface area is 175 Å². The average Bonchev–Trinajstić information content (AvgIpc) is 1.25. The fourth-order valence-corrected chi connectivity index (χ4v) is 0. The van der Waals surface area contributed by atoms with E-state index in [0.29, 0.717) is 0 Å². The van der Waals surface area contributed by atoms with Crippen LogP contribution in [0, 0.1) is 0 Å². The summed E-state index contributed by atoms with van der Waals surface area (Å²) in [7, 11) is 0. The van der Waals surface area contributed by atoms with Crippen molar-refractivity contribution in [2.75, 3.05) is 12.5 Å². The Morgan fingerprint density at radius 1 is 0.643 bits per heavy atom. The summed E-state index contributed by atoms with van der Waals surface area (Å²) in [5, 5.41) is 0. The quantitative estimate of drug-likeness (QED) is 0.292. The zero-order chi connectivity index (χ0) is 7.15. The summed E-state index contributed by atoms with van der Waals surface area (Å²) in [6.07, 6.45) is 2.17. The molecular weight excluding hydrogens is 1260 g/mol. The summed E-state index contributed by atoms with van der Waals surface area (Å²) in [5.41, 5.74) is 0. The van der Waals surface area contributed by atoms with Gasteiger partial charge in [0, 0.05) is 126 Å². The summed E-state index contributed by atoms with van der Waals surface area (Å²) in [6.45, 7) is 0. The van der Waals surface area contributed by atoms with Gasteiger partial charge in [0.25, 0.3) is 0 Å². The maximum Gasteiger partial charge on any atom is 0 e. The Morgan fingerprint density at radius 3 is 0.643 bits per heavy atom. The Kier molecular flexibility index (Phi) is 159. The zero-order valence-corrected chi connectivity index (χ0v) is 26.1. The third-order valence-corrected chi connectivity index (χ3v) is 0. The van der Waals surface area contributed by atoms with Crippen LogP contribution in [-0.2, 0) is 149 Å². The van der Waals surface area contributed by atoms with Crippen molar-refractivity contribution in [2.45, 2.75) is 0 Å². The van der Waals surface area contributed by atoms with Gasteiger partial charge in [-0.3, -0.25) is 8.42 Å². The summed E-state index contributed by atoms with van der Waals surface area (Å²) in [6, 6.07) is 0. The zero-order valence-electron chi connectivity index (χ0n) is 6.90. The molecule has 4 nitrogen and oxygen atoms in total. The van der Waals surface area contributed by atoms with Crippen LogP contribution < -0.4 is 0 Å². The second-order valence-electron chi connectivity index (χ2n) is 0.803. The van der Waals surface area contributed by atoms with E-state index in [4.69, 9.17) is 17.5 Å². The molecule has 0 saturated heterocycles. The van der Waals surface area contributed by atoms with Gasteiger partial charge in [-0.1, -0.05) is 22.2 Å². The topological polar surface area (TPSA) is 80.3 Å². The number of hydrogen-bond donors (Lipinski definition) is 0. The monoisotopic (exact) mass is 1260 g/mol. The molecule has 2 unspecified atom stereocenters. The molecule has 0 amide bonds. The first-order valence-electron chi connectivity index (χ1n) is 1.48. The van der Waals surface area contributed by atoms with Crippen LogP contribution in [0.3, 0.4) is 0 Å². The summed E-state index contributed by atoms with van der Waals surface area (Å²) in [5.74, 6) is 0. The van der Waals surface area contributed by atoms with Crippen molar-refractivity contribution in [3.05, 3.63) is 0 Å². The van der Waals surface area contributed by atoms with E-state index >= 15 is 0 Å². The van der Waals surface area contributed by atoms with Crippen LogP contribution >= 0.6 is 0 Å². The Hall–Kier alpha value is 4.35. The third kappa shape index (κ3) is 204. The van der Waals surface area contributed by atoms with Crippen LogP contribution in [-0.4, -0.2) is 30.0 Å². The first-order valence-corrected chi connectivity index (χ1v) is 4.45. The second kappa shape index (κ2) is 43.3. The van der Waals surface area contributed by atoms with E-state index in [1.54, 1.807) is 0 Å². The molecule has 0 spiro atoms. The van der Waals surface area contributed by atoms with Crippen molar-refractivity contribution >= 4 is 22.2 Å². The van der Waals surface area contributed by atoms with E-state index in [2.05, 4.69) is 0 Å². The van der Waals surface area contributed by atoms with E-state index < -0.39 is 22.2 Å². The Morgan fingerprint density at radius 2 is 0.643 bits per heavy atom. The van der Waals surface area contributed by atoms with Gasteiger partial charge in [-0.2, -0.15) is 0 Å². The minimum absolute atomic E-state index is 0. The van der Waals surface area contributed by atoms with E-state index in [1.165, 1.54) is 0 Å². The molecule has 0 heterocycles. The third-order valence-electron chi connectivity index (χ3n) is 0. The molecule has 0 saturated carbocycles. The Bertz CT molecular complexity index is 83.8. The molecule has 0 aliphatic heterocycles. The van der Waals surface area contributed by atoms with Gasteiger partial charge < -0.3 is 9.11 Å². The molecule has 14 heavy (non-hydrogen) atoms. The molecule has 2 atom stereocenters. The van der Waals surface area contributed by atoms with Gasteiger partial charge in [-0.15, -0.1) is 0 Å². The van der Waals surface area contributed by atoms with Crippen LogP contribution in [0.25, 0.3) is 0 Å². The first kappa shape index (κ1) is 51.6. The smallest absolute Gasteiger partial charge is 0 e. The standard InChI is InChI=1S/2CH4O2S.6W/c2*1-4(2)3;;;;;;/h2*1H3,(H,2,3);;;;;;/p-2. The van der Waals surface area contributed by atoms with E-state index in [9.17, 15) is 0 Å². The molecule has 0 bridgehead atoms. The molecule has 0 radical (unpaired) electrons. The SMILES string of the molecule is CS(=O)[O-].CS(=O)[O-].[W].[W].[W].[W].[W].[W]. The molecular formula is C2H6O4S2W6-2. The van der Waals surface area contributed by atoms with E-state index in [-0.39, 0.29) is 126 Å². The van der Waals surface area contributed by atoms with Gasteiger partial charge in [0.1, 0.15) is 0 Å². The molecule has 0 aromatic rings. The van der Waals surface area contributed by atoms with Crippen LogP contribution in [0.1, 0.15) is 0 Å². The van der Waals surface area contributed by atoms with Crippen molar-refractivity contribution in [1.29, 1.82) is 0 Å². The molecule has 0 aliphatic rings. The molecule has 0 aromatic heterocycles. The fraction of sp³-hybridized carbons (Fsp3) is 1.00. The predicted molar refractivity (Wildman–Crippen MR) is 29.7 cm³/mol. The van der Waals surface area contributed by atoms with Gasteiger partial charge in [-0.25, -0.2) is 0 Å². The van der Waals surface area contributed by atoms with Crippen LogP contribution in [0.4, 0.5) is 0 Å². The van der Waals surface area contributed by atoms with Crippen molar-refractivity contribution in [2.24, 2.45) is 0 Å². The maximum atomic E-state index is 9.00. The van der Waals surface area contributed by atoms with E-state index in [0.717, 1.165) is 12.5 Å². The van der Waals surface area contributed by atoms with Gasteiger partial charge in [0.15, 0.2) is 0 Å². The summed E-state index contributed by atoms with van der Waals surface area (Å²) in [4.78, 5) is 0. The minimum Gasteiger partial charge on any atom is -0.773 e. The molecule has 0 rings (SSSR count). The average molecular weight is 1260 g/mol. The van der Waals surface area contributed by atoms with Gasteiger partial charge in [-0.05, 0) is 12.5 Å². The maximum absolute atomic E-state index is 9.00. The van der Waals surface area contributed by atoms with E-state index in [1.807, 2.05) is 0 Å². The number of hydrogen-bond acceptors (Lipinski definition) is 4. The van der Waals surface area contributed by atoms with Crippen molar-refractivity contribution in [1.82, 2.24) is 0 Å². The molecule has 0 aromatic carbocycles.